The van der Waals surface area contributed by atoms with E-state index in [2.05, 4.69) is 4.98 Å². The van der Waals surface area contributed by atoms with E-state index in [0.717, 1.165) is 11.1 Å². The zero-order chi connectivity index (χ0) is 9.97. The maximum Gasteiger partial charge on any atom is 0.221 e. The third kappa shape index (κ3) is 1.42. The van der Waals surface area contributed by atoms with Gasteiger partial charge in [-0.3, -0.25) is 0 Å². The summed E-state index contributed by atoms with van der Waals surface area (Å²) in [5.74, 6) is 0.542. The number of nitrogen functional groups attached to an aromatic ring is 1. The molecule has 4 heteroatoms. The van der Waals surface area contributed by atoms with Gasteiger partial charge in [0.1, 0.15) is 0 Å². The minimum Gasteiger partial charge on any atom is -0.481 e. The number of hydrogen-bond donors (Lipinski definition) is 1. The van der Waals surface area contributed by atoms with Gasteiger partial charge in [0.2, 0.25) is 5.88 Å². The number of rotatable bonds is 2. The van der Waals surface area contributed by atoms with E-state index < -0.39 is 0 Å². The fraction of sp³-hybridized carbons (Fsp3) is 0.100. The van der Waals surface area contributed by atoms with Crippen LogP contribution in [0.2, 0.25) is 0 Å². The summed E-state index contributed by atoms with van der Waals surface area (Å²) in [4.78, 5) is 4.06. The first kappa shape index (κ1) is 8.62. The van der Waals surface area contributed by atoms with Crippen molar-refractivity contribution in [1.29, 1.82) is 0 Å². The highest BCUT2D eigenvalue weighted by Gasteiger charge is 2.08. The van der Waals surface area contributed by atoms with Gasteiger partial charge < -0.3 is 14.9 Å². The van der Waals surface area contributed by atoms with Crippen LogP contribution in [0.3, 0.4) is 0 Å². The van der Waals surface area contributed by atoms with Crippen LogP contribution >= 0.6 is 0 Å². The number of pyridine rings is 1. The van der Waals surface area contributed by atoms with Crippen LogP contribution in [0.1, 0.15) is 0 Å². The van der Waals surface area contributed by atoms with E-state index >= 15 is 0 Å². The Morgan fingerprint density at radius 2 is 2.36 bits per heavy atom. The van der Waals surface area contributed by atoms with Gasteiger partial charge >= 0.3 is 0 Å². The molecule has 4 nitrogen and oxygen atoms in total. The number of nitrogens with two attached hydrogens (primary N) is 1. The number of hydrogen-bond acceptors (Lipinski definition) is 4. The van der Waals surface area contributed by atoms with E-state index in [4.69, 9.17) is 14.9 Å². The molecule has 0 aliphatic rings. The summed E-state index contributed by atoms with van der Waals surface area (Å²) in [6.45, 7) is 0. The zero-order valence-electron chi connectivity index (χ0n) is 7.73. The summed E-state index contributed by atoms with van der Waals surface area (Å²) in [6.07, 6.45) is 4.78. The van der Waals surface area contributed by atoms with Crippen molar-refractivity contribution < 1.29 is 9.15 Å². The van der Waals surface area contributed by atoms with E-state index in [1.807, 2.05) is 6.07 Å². The molecule has 0 spiro atoms. The van der Waals surface area contributed by atoms with Crippen molar-refractivity contribution in [2.45, 2.75) is 0 Å². The van der Waals surface area contributed by atoms with Crippen molar-refractivity contribution in [3.8, 4) is 17.0 Å². The Labute approximate surface area is 81.3 Å². The van der Waals surface area contributed by atoms with Gasteiger partial charge in [-0.15, -0.1) is 0 Å². The Morgan fingerprint density at radius 1 is 1.50 bits per heavy atom. The van der Waals surface area contributed by atoms with E-state index in [1.54, 1.807) is 31.9 Å². The Kier molecular flexibility index (Phi) is 2.10. The Morgan fingerprint density at radius 3 is 3.00 bits per heavy atom. The molecule has 2 aromatic heterocycles. The van der Waals surface area contributed by atoms with Crippen molar-refractivity contribution in [3.05, 3.63) is 30.9 Å². The molecule has 14 heavy (non-hydrogen) atoms. The van der Waals surface area contributed by atoms with Gasteiger partial charge in [-0.1, -0.05) is 0 Å². The van der Waals surface area contributed by atoms with Gasteiger partial charge in [0.05, 0.1) is 31.5 Å². The second-order valence-electron chi connectivity index (χ2n) is 2.84. The summed E-state index contributed by atoms with van der Waals surface area (Å²) in [5.41, 5.74) is 7.98. The van der Waals surface area contributed by atoms with Crippen LogP contribution in [0.5, 0.6) is 5.88 Å². The van der Waals surface area contributed by atoms with Crippen LogP contribution in [0.4, 0.5) is 5.69 Å². The normalized spacial score (nSPS) is 10.1. The molecule has 0 radical (unpaired) electrons. The van der Waals surface area contributed by atoms with E-state index in [9.17, 15) is 0 Å². The minimum atomic E-state index is 0.542. The lowest BCUT2D eigenvalue weighted by Gasteiger charge is -2.05. The molecule has 2 N–H and O–H groups in total. The maximum absolute atomic E-state index is 5.64. The lowest BCUT2D eigenvalue weighted by molar-refractivity contribution is 0.400. The summed E-state index contributed by atoms with van der Waals surface area (Å²) in [7, 11) is 1.57. The molecular formula is C10H10N2O2. The van der Waals surface area contributed by atoms with E-state index in [0.29, 0.717) is 11.6 Å². The van der Waals surface area contributed by atoms with Gasteiger partial charge in [0.15, 0.2) is 0 Å². The van der Waals surface area contributed by atoms with Crippen molar-refractivity contribution in [2.75, 3.05) is 12.8 Å². The lowest BCUT2D eigenvalue weighted by atomic mass is 10.1. The molecule has 0 unspecified atom stereocenters. The lowest BCUT2D eigenvalue weighted by Crippen LogP contribution is -1.93. The van der Waals surface area contributed by atoms with Gasteiger partial charge in [-0.05, 0) is 12.1 Å². The highest BCUT2D eigenvalue weighted by atomic mass is 16.5. The third-order valence-corrected chi connectivity index (χ3v) is 1.90. The molecule has 0 amide bonds. The predicted molar refractivity (Wildman–Crippen MR) is 52.9 cm³/mol. The summed E-state index contributed by atoms with van der Waals surface area (Å²) < 4.78 is 10.1. The van der Waals surface area contributed by atoms with Crippen LogP contribution in [0.25, 0.3) is 11.1 Å². The molecule has 0 saturated heterocycles. The maximum atomic E-state index is 5.64. The second-order valence-corrected chi connectivity index (χ2v) is 2.84. The molecule has 0 aliphatic carbocycles. The molecule has 0 bridgehead atoms. The van der Waals surface area contributed by atoms with Gasteiger partial charge in [-0.2, -0.15) is 0 Å². The first-order chi connectivity index (χ1) is 6.81. The van der Waals surface area contributed by atoms with Gasteiger partial charge in [-0.25, -0.2) is 4.98 Å². The fourth-order valence-corrected chi connectivity index (χ4v) is 1.26. The monoisotopic (exact) mass is 190 g/mol. The van der Waals surface area contributed by atoms with E-state index in [1.165, 1.54) is 0 Å². The van der Waals surface area contributed by atoms with Crippen LogP contribution in [0, 0.1) is 0 Å². The predicted octanol–water partition coefficient (Wildman–Crippen LogP) is 1.93. The highest BCUT2D eigenvalue weighted by Crippen LogP contribution is 2.29. The Bertz CT molecular complexity index is 424. The van der Waals surface area contributed by atoms with Crippen LogP contribution < -0.4 is 10.5 Å². The molecule has 72 valence electrons. The molecular weight excluding hydrogens is 180 g/mol. The Hall–Kier alpha value is -1.97. The fourth-order valence-electron chi connectivity index (χ4n) is 1.26. The average molecular weight is 190 g/mol. The Balaban J connectivity index is 2.55. The molecule has 0 aromatic carbocycles. The largest absolute Gasteiger partial charge is 0.481 e. The molecule has 0 aliphatic heterocycles. The third-order valence-electron chi connectivity index (χ3n) is 1.90. The first-order valence-corrected chi connectivity index (χ1v) is 4.13. The smallest absolute Gasteiger partial charge is 0.221 e. The number of anilines is 1. The number of nitrogens with zero attached hydrogens (tertiary/aromatic N) is 1. The molecule has 0 saturated carbocycles. The summed E-state index contributed by atoms with van der Waals surface area (Å²) in [6, 6.07) is 3.63. The van der Waals surface area contributed by atoms with Crippen LogP contribution in [-0.2, 0) is 0 Å². The molecule has 2 rings (SSSR count). The topological polar surface area (TPSA) is 61.3 Å². The van der Waals surface area contributed by atoms with Crippen molar-refractivity contribution in [3.63, 3.8) is 0 Å². The molecule has 2 aromatic rings. The van der Waals surface area contributed by atoms with Crippen molar-refractivity contribution >= 4 is 5.69 Å². The number of aromatic nitrogens is 1. The van der Waals surface area contributed by atoms with Crippen molar-refractivity contribution in [2.24, 2.45) is 0 Å². The summed E-state index contributed by atoms with van der Waals surface area (Å²) >= 11 is 0. The number of furan rings is 1. The van der Waals surface area contributed by atoms with Gasteiger partial charge in [0.25, 0.3) is 0 Å². The zero-order valence-corrected chi connectivity index (χ0v) is 7.73. The molecule has 0 atom stereocenters. The number of methoxy groups -OCH3 is 1. The standard InChI is InChI=1S/C10H10N2O2/c1-13-10-9(4-8(11)5-12-10)7-2-3-14-6-7/h2-6H,11H2,1H3. The van der Waals surface area contributed by atoms with Crippen molar-refractivity contribution in [1.82, 2.24) is 4.98 Å². The SMILES string of the molecule is COc1ncc(N)cc1-c1ccoc1. The van der Waals surface area contributed by atoms with E-state index in [-0.39, 0.29) is 0 Å². The van der Waals surface area contributed by atoms with Gasteiger partial charge in [0, 0.05) is 11.1 Å². The summed E-state index contributed by atoms with van der Waals surface area (Å²) in [5, 5.41) is 0. The van der Waals surface area contributed by atoms with Crippen LogP contribution in [0.15, 0.2) is 35.3 Å². The number of ether oxygens (including phenoxy) is 1. The first-order valence-electron chi connectivity index (χ1n) is 4.13. The minimum absolute atomic E-state index is 0.542. The molecule has 2 heterocycles. The highest BCUT2D eigenvalue weighted by molar-refractivity contribution is 5.70. The van der Waals surface area contributed by atoms with Crippen LogP contribution in [-0.4, -0.2) is 12.1 Å². The quantitative estimate of drug-likeness (QED) is 0.786. The second kappa shape index (κ2) is 3.41. The molecule has 0 fully saturated rings. The average Bonchev–Trinajstić information content (AvgIpc) is 2.70.